The van der Waals surface area contributed by atoms with E-state index < -0.39 is 17.5 Å². The maximum absolute atomic E-state index is 14.9. The SMILES string of the molecule is Cc1cc(Nc2nsc(C)n2)nc(-c2cnc(C(=O)NCc3ccc(-c4cc(F)cnc4C)nc3)c(F)c2)n1. The number of rotatable bonds is 7. The van der Waals surface area contributed by atoms with Crippen molar-refractivity contribution in [2.45, 2.75) is 27.3 Å². The fourth-order valence-electron chi connectivity index (χ4n) is 3.67. The second-order valence-corrected chi connectivity index (χ2v) is 9.51. The Kier molecular flexibility index (Phi) is 7.23. The van der Waals surface area contributed by atoms with Crippen molar-refractivity contribution in [3.63, 3.8) is 0 Å². The molecule has 0 atom stereocenters. The van der Waals surface area contributed by atoms with Gasteiger partial charge in [-0.3, -0.25) is 14.8 Å². The molecule has 0 spiro atoms. The Hall–Kier alpha value is -4.78. The average molecular weight is 546 g/mol. The lowest BCUT2D eigenvalue weighted by atomic mass is 10.1. The molecule has 5 heterocycles. The van der Waals surface area contributed by atoms with E-state index in [4.69, 9.17) is 0 Å². The van der Waals surface area contributed by atoms with Gasteiger partial charge in [0, 0.05) is 47.5 Å². The lowest BCUT2D eigenvalue weighted by Crippen LogP contribution is -2.25. The molecule has 2 N–H and O–H groups in total. The smallest absolute Gasteiger partial charge is 0.273 e. The monoisotopic (exact) mass is 545 g/mol. The third-order valence-electron chi connectivity index (χ3n) is 5.54. The first-order valence-corrected chi connectivity index (χ1v) is 12.5. The van der Waals surface area contributed by atoms with E-state index in [-0.39, 0.29) is 18.1 Å². The van der Waals surface area contributed by atoms with Crippen LogP contribution in [0, 0.1) is 32.4 Å². The van der Waals surface area contributed by atoms with Crippen LogP contribution in [0.3, 0.4) is 0 Å². The van der Waals surface area contributed by atoms with E-state index in [9.17, 15) is 13.6 Å². The molecule has 5 rings (SSSR count). The van der Waals surface area contributed by atoms with Crippen LogP contribution in [0.5, 0.6) is 0 Å². The number of carbonyl (C=O) groups is 1. The van der Waals surface area contributed by atoms with E-state index in [1.807, 2.05) is 6.92 Å². The number of nitrogens with zero attached hydrogens (tertiary/aromatic N) is 7. The molecule has 0 aliphatic rings. The summed E-state index contributed by atoms with van der Waals surface area (Å²) in [7, 11) is 0. The molecule has 10 nitrogen and oxygen atoms in total. The number of hydrogen-bond acceptors (Lipinski definition) is 10. The van der Waals surface area contributed by atoms with Crippen LogP contribution in [-0.4, -0.2) is 40.2 Å². The van der Waals surface area contributed by atoms with E-state index in [1.165, 1.54) is 23.8 Å². The van der Waals surface area contributed by atoms with Crippen molar-refractivity contribution < 1.29 is 13.6 Å². The second kappa shape index (κ2) is 10.9. The summed E-state index contributed by atoms with van der Waals surface area (Å²) in [5, 5.41) is 6.44. The Bertz CT molecular complexity index is 1680. The summed E-state index contributed by atoms with van der Waals surface area (Å²) in [6, 6.07) is 7.68. The minimum Gasteiger partial charge on any atom is -0.346 e. The lowest BCUT2D eigenvalue weighted by Gasteiger charge is -2.09. The maximum Gasteiger partial charge on any atom is 0.273 e. The quantitative estimate of drug-likeness (QED) is 0.298. The topological polar surface area (TPSA) is 131 Å². The van der Waals surface area contributed by atoms with Crippen LogP contribution in [0.15, 0.2) is 48.9 Å². The first-order chi connectivity index (χ1) is 18.7. The normalized spacial score (nSPS) is 10.9. The van der Waals surface area contributed by atoms with Gasteiger partial charge < -0.3 is 10.6 Å². The van der Waals surface area contributed by atoms with E-state index in [2.05, 4.69) is 44.9 Å². The van der Waals surface area contributed by atoms with Crippen molar-refractivity contribution >= 4 is 29.2 Å². The summed E-state index contributed by atoms with van der Waals surface area (Å²) in [5.41, 5.74) is 3.02. The average Bonchev–Trinajstić information content (AvgIpc) is 3.32. The molecule has 0 radical (unpaired) electrons. The van der Waals surface area contributed by atoms with Gasteiger partial charge in [0.25, 0.3) is 5.91 Å². The second-order valence-electron chi connectivity index (χ2n) is 8.56. The summed E-state index contributed by atoms with van der Waals surface area (Å²) in [5.74, 6) is -0.874. The summed E-state index contributed by atoms with van der Waals surface area (Å²) in [4.78, 5) is 38.0. The molecule has 196 valence electrons. The number of aryl methyl sites for hydroxylation is 3. The van der Waals surface area contributed by atoms with Crippen molar-refractivity contribution in [3.8, 4) is 22.6 Å². The predicted octanol–water partition coefficient (Wildman–Crippen LogP) is 4.72. The molecular weight excluding hydrogens is 524 g/mol. The number of anilines is 2. The minimum atomic E-state index is -0.816. The lowest BCUT2D eigenvalue weighted by molar-refractivity contribution is 0.0941. The zero-order valence-corrected chi connectivity index (χ0v) is 21.8. The highest BCUT2D eigenvalue weighted by Crippen LogP contribution is 2.22. The molecule has 0 bridgehead atoms. The molecule has 0 saturated heterocycles. The highest BCUT2D eigenvalue weighted by atomic mass is 32.1. The summed E-state index contributed by atoms with van der Waals surface area (Å²) < 4.78 is 32.7. The van der Waals surface area contributed by atoms with Crippen LogP contribution >= 0.6 is 11.5 Å². The predicted molar refractivity (Wildman–Crippen MR) is 141 cm³/mol. The molecule has 5 aromatic heterocycles. The van der Waals surface area contributed by atoms with E-state index in [1.54, 1.807) is 38.2 Å². The molecule has 5 aromatic rings. The molecule has 13 heteroatoms. The van der Waals surface area contributed by atoms with Gasteiger partial charge >= 0.3 is 0 Å². The van der Waals surface area contributed by atoms with Crippen LogP contribution in [0.2, 0.25) is 0 Å². The van der Waals surface area contributed by atoms with Crippen LogP contribution in [0.25, 0.3) is 22.6 Å². The van der Waals surface area contributed by atoms with E-state index in [0.717, 1.165) is 17.3 Å². The Balaban J connectivity index is 1.27. The van der Waals surface area contributed by atoms with Crippen molar-refractivity contribution in [1.29, 1.82) is 0 Å². The summed E-state index contributed by atoms with van der Waals surface area (Å²) in [6.45, 7) is 5.47. The number of halogens is 2. The molecule has 0 aliphatic carbocycles. The minimum absolute atomic E-state index is 0.0928. The van der Waals surface area contributed by atoms with Gasteiger partial charge in [0.1, 0.15) is 16.6 Å². The number of pyridine rings is 3. The number of carbonyl (C=O) groups excluding carboxylic acids is 1. The molecule has 0 aromatic carbocycles. The molecule has 0 unspecified atom stereocenters. The first-order valence-electron chi connectivity index (χ1n) is 11.7. The van der Waals surface area contributed by atoms with Gasteiger partial charge in [-0.25, -0.2) is 28.7 Å². The van der Waals surface area contributed by atoms with Crippen molar-refractivity contribution in [2.75, 3.05) is 5.32 Å². The van der Waals surface area contributed by atoms with Gasteiger partial charge in [-0.15, -0.1) is 0 Å². The Labute approximate surface area is 225 Å². The van der Waals surface area contributed by atoms with Gasteiger partial charge in [-0.05, 0) is 56.1 Å². The van der Waals surface area contributed by atoms with Crippen molar-refractivity contribution in [3.05, 3.63) is 88.2 Å². The number of aromatic nitrogens is 7. The Morgan fingerprint density at radius 2 is 1.79 bits per heavy atom. The molecule has 1 amide bonds. The van der Waals surface area contributed by atoms with Crippen LogP contribution in [-0.2, 0) is 6.54 Å². The number of nitrogens with one attached hydrogen (secondary N) is 2. The standard InChI is InChI=1S/C26H21F2N9OS/c1-13-6-22(36-26-34-15(3)39-37-26)35-24(33-13)17-7-20(28)23(31-11-17)25(38)32-10-16-4-5-21(30-9-16)19-8-18(27)12-29-14(19)2/h4-9,11-12H,10H2,1-3H3,(H,32,38)(H,33,35,36,37). The molecular formula is C26H21F2N9OS. The molecule has 0 aliphatic heterocycles. The highest BCUT2D eigenvalue weighted by molar-refractivity contribution is 7.05. The van der Waals surface area contributed by atoms with Gasteiger partial charge in [-0.1, -0.05) is 6.07 Å². The Morgan fingerprint density at radius 3 is 2.51 bits per heavy atom. The van der Waals surface area contributed by atoms with Crippen LogP contribution in [0.1, 0.15) is 32.4 Å². The zero-order valence-electron chi connectivity index (χ0n) is 21.0. The van der Waals surface area contributed by atoms with Crippen molar-refractivity contribution in [1.82, 2.24) is 39.6 Å². The third-order valence-corrected chi connectivity index (χ3v) is 6.16. The molecule has 0 saturated carbocycles. The van der Waals surface area contributed by atoms with Gasteiger partial charge in [0.2, 0.25) is 5.95 Å². The van der Waals surface area contributed by atoms with Crippen molar-refractivity contribution in [2.24, 2.45) is 0 Å². The highest BCUT2D eigenvalue weighted by Gasteiger charge is 2.17. The molecule has 0 fully saturated rings. The largest absolute Gasteiger partial charge is 0.346 e. The zero-order chi connectivity index (χ0) is 27.5. The number of hydrogen-bond donors (Lipinski definition) is 2. The number of amides is 1. The first kappa shape index (κ1) is 25.9. The molecule has 39 heavy (non-hydrogen) atoms. The van der Waals surface area contributed by atoms with Crippen LogP contribution < -0.4 is 10.6 Å². The Morgan fingerprint density at radius 1 is 0.949 bits per heavy atom. The van der Waals surface area contributed by atoms with Crippen LogP contribution in [0.4, 0.5) is 20.5 Å². The maximum atomic E-state index is 14.9. The fraction of sp³-hybridized carbons (Fsp3) is 0.154. The fourth-order valence-corrected chi connectivity index (χ4v) is 4.11. The van der Waals surface area contributed by atoms with Gasteiger partial charge in [0.15, 0.2) is 17.3 Å². The summed E-state index contributed by atoms with van der Waals surface area (Å²) in [6.07, 6.45) is 4.04. The van der Waals surface area contributed by atoms with E-state index >= 15 is 0 Å². The third kappa shape index (κ3) is 6.04. The summed E-state index contributed by atoms with van der Waals surface area (Å²) >= 11 is 1.25. The van der Waals surface area contributed by atoms with Gasteiger partial charge in [0.05, 0.1) is 11.9 Å². The van der Waals surface area contributed by atoms with E-state index in [0.29, 0.717) is 45.5 Å². The van der Waals surface area contributed by atoms with Gasteiger partial charge in [-0.2, -0.15) is 4.37 Å².